The van der Waals surface area contributed by atoms with Gasteiger partial charge in [0.25, 0.3) is 11.8 Å². The number of carbonyl (C=O) groups excluding carboxylic acids is 4. The highest BCUT2D eigenvalue weighted by Crippen LogP contribution is 2.36. The zero-order chi connectivity index (χ0) is 43.6. The van der Waals surface area contributed by atoms with Gasteiger partial charge < -0.3 is 40.2 Å². The van der Waals surface area contributed by atoms with Crippen LogP contribution in [0, 0.1) is 0 Å². The summed E-state index contributed by atoms with van der Waals surface area (Å²) in [7, 11) is 0. The number of imide groups is 2. The van der Waals surface area contributed by atoms with E-state index in [0.29, 0.717) is 85.5 Å². The number of hydrogen-bond donors (Lipinski definition) is 4. The number of piperidine rings is 2. The minimum Gasteiger partial charge on any atom is -0.382 e. The summed E-state index contributed by atoms with van der Waals surface area (Å²) in [5, 5.41) is 18.3. The molecule has 62 heavy (non-hydrogen) atoms. The second-order valence-corrected chi connectivity index (χ2v) is 16.0. The van der Waals surface area contributed by atoms with E-state index < -0.39 is 29.7 Å². The number of nitrogens with two attached hydrogens (primary N) is 1. The summed E-state index contributed by atoms with van der Waals surface area (Å²) in [5.74, 6) is -1.21. The summed E-state index contributed by atoms with van der Waals surface area (Å²) in [6.45, 7) is 7.69. The Morgan fingerprint density at radius 1 is 0.903 bits per heavy atom. The maximum atomic E-state index is 13.2. The van der Waals surface area contributed by atoms with Crippen LogP contribution in [0.15, 0.2) is 48.8 Å². The lowest BCUT2D eigenvalue weighted by Crippen LogP contribution is -2.54. The van der Waals surface area contributed by atoms with Crippen molar-refractivity contribution in [3.63, 3.8) is 0 Å². The lowest BCUT2D eigenvalue weighted by Gasteiger charge is -2.40. The average Bonchev–Trinajstić information content (AvgIpc) is 3.82. The van der Waals surface area contributed by atoms with Crippen molar-refractivity contribution in [1.82, 2.24) is 40.5 Å². The van der Waals surface area contributed by atoms with Gasteiger partial charge in [0.1, 0.15) is 24.3 Å². The van der Waals surface area contributed by atoms with Crippen molar-refractivity contribution in [3.05, 3.63) is 75.7 Å². The van der Waals surface area contributed by atoms with Crippen molar-refractivity contribution in [1.29, 1.82) is 0 Å². The SMILES string of the molecule is CC1(NCc2cn(CCOCCOCCOCCOCNc3cccc4c3C(=O)N(C3CCC(=O)NC3=O)C4=O)nn2)CCN(c2cnc(-c3cccc(Cl)c3Cl)c(N)n2)CC1. The normalized spacial score (nSPS) is 17.4. The van der Waals surface area contributed by atoms with Gasteiger partial charge in [0.2, 0.25) is 11.8 Å². The van der Waals surface area contributed by atoms with Crippen LogP contribution in [0.2, 0.25) is 10.0 Å². The number of nitrogens with one attached hydrogen (secondary N) is 3. The molecule has 19 nitrogen and oxygen atoms in total. The number of nitrogen functional groups attached to an aromatic ring is 1. The molecule has 2 fully saturated rings. The molecule has 21 heteroatoms. The third kappa shape index (κ3) is 10.8. The van der Waals surface area contributed by atoms with Crippen LogP contribution in [0.25, 0.3) is 11.3 Å². The Hall–Kier alpha value is -5.28. The van der Waals surface area contributed by atoms with E-state index in [9.17, 15) is 19.2 Å². The Bertz CT molecular complexity index is 2250. The van der Waals surface area contributed by atoms with E-state index in [1.54, 1.807) is 35.1 Å². The van der Waals surface area contributed by atoms with Crippen molar-refractivity contribution in [3.8, 4) is 11.3 Å². The highest BCUT2D eigenvalue weighted by atomic mass is 35.5. The highest BCUT2D eigenvalue weighted by Gasteiger charge is 2.45. The molecule has 0 radical (unpaired) electrons. The number of halogens is 2. The number of fused-ring (bicyclic) bond motifs is 1. The van der Waals surface area contributed by atoms with Gasteiger partial charge in [-0.05, 0) is 44.4 Å². The fourth-order valence-electron chi connectivity index (χ4n) is 7.36. The number of amides is 4. The van der Waals surface area contributed by atoms with E-state index in [2.05, 4.69) is 48.1 Å². The van der Waals surface area contributed by atoms with Crippen molar-refractivity contribution in [2.45, 2.75) is 57.3 Å². The number of nitrogens with zero attached hydrogens (tertiary/aromatic N) is 7. The maximum absolute atomic E-state index is 13.2. The van der Waals surface area contributed by atoms with E-state index >= 15 is 0 Å². The Labute approximate surface area is 367 Å². The molecule has 4 aromatic rings. The third-order valence-electron chi connectivity index (χ3n) is 10.9. The first-order valence-electron chi connectivity index (χ1n) is 20.4. The quantitative estimate of drug-likeness (QED) is 0.0534. The fraction of sp³-hybridized carbons (Fsp3) is 0.463. The zero-order valence-corrected chi connectivity index (χ0v) is 35.8. The van der Waals surface area contributed by atoms with Gasteiger partial charge in [0.05, 0.1) is 85.9 Å². The van der Waals surface area contributed by atoms with Crippen LogP contribution in [-0.2, 0) is 41.6 Å². The van der Waals surface area contributed by atoms with E-state index in [1.165, 1.54) is 6.07 Å². The van der Waals surface area contributed by atoms with Crippen LogP contribution in [-0.4, -0.2) is 131 Å². The monoisotopic (exact) mass is 893 g/mol. The number of carbonyl (C=O) groups is 4. The summed E-state index contributed by atoms with van der Waals surface area (Å²) < 4.78 is 24.2. The molecule has 330 valence electrons. The molecule has 7 rings (SSSR count). The first kappa shape index (κ1) is 44.8. The largest absolute Gasteiger partial charge is 0.382 e. The zero-order valence-electron chi connectivity index (χ0n) is 34.2. The van der Waals surface area contributed by atoms with Crippen LogP contribution in [0.1, 0.15) is 59.0 Å². The second kappa shape index (κ2) is 20.7. The van der Waals surface area contributed by atoms with Crippen LogP contribution < -0.4 is 26.6 Å². The van der Waals surface area contributed by atoms with Gasteiger partial charge in [-0.25, -0.2) is 14.6 Å². The van der Waals surface area contributed by atoms with E-state index in [1.807, 2.05) is 12.3 Å². The van der Waals surface area contributed by atoms with E-state index in [0.717, 1.165) is 42.3 Å². The van der Waals surface area contributed by atoms with Crippen molar-refractivity contribution in [2.75, 3.05) is 82.0 Å². The van der Waals surface area contributed by atoms with Gasteiger partial charge in [0, 0.05) is 49.0 Å². The lowest BCUT2D eigenvalue weighted by atomic mass is 9.89. The van der Waals surface area contributed by atoms with Gasteiger partial charge in [-0.3, -0.25) is 29.4 Å². The molecule has 5 heterocycles. The van der Waals surface area contributed by atoms with Crippen LogP contribution >= 0.6 is 23.2 Å². The summed E-state index contributed by atoms with van der Waals surface area (Å²) >= 11 is 12.6. The third-order valence-corrected chi connectivity index (χ3v) is 11.7. The van der Waals surface area contributed by atoms with E-state index in [4.69, 9.17) is 47.9 Å². The van der Waals surface area contributed by atoms with Crippen molar-refractivity contribution in [2.24, 2.45) is 0 Å². The molecule has 1 unspecified atom stereocenters. The lowest BCUT2D eigenvalue weighted by molar-refractivity contribution is -0.136. The predicted molar refractivity (Wildman–Crippen MR) is 229 cm³/mol. The number of anilines is 3. The molecule has 3 aliphatic heterocycles. The van der Waals surface area contributed by atoms with Crippen LogP contribution in [0.3, 0.4) is 0 Å². The number of ether oxygens (including phenoxy) is 4. The molecule has 0 bridgehead atoms. The number of benzene rings is 2. The topological polar surface area (TPSA) is 230 Å². The molecule has 3 aliphatic rings. The number of hydrogen-bond acceptors (Lipinski definition) is 16. The predicted octanol–water partition coefficient (Wildman–Crippen LogP) is 3.31. The minimum absolute atomic E-state index is 0.0536. The van der Waals surface area contributed by atoms with E-state index in [-0.39, 0.29) is 42.8 Å². The standard InChI is InChI=1S/C41H49Cl2N11O8/c1-41(10-12-52(13-11-41)32-23-45-36(37(44)48-32)28-5-2-6-29(42)35(28)43)47-22-26-24-53(51-50-26)14-15-59-16-17-60-18-19-61-20-21-62-25-46-30-7-3-4-27-34(30)40(58)54(39(27)57)31-8-9-33(55)49-38(31)56/h2-7,23-24,31,46-47H,8-22,25H2,1H3,(H2,44,48)(H,49,55,56). The number of rotatable bonds is 21. The minimum atomic E-state index is -1.03. The average molecular weight is 895 g/mol. The highest BCUT2D eigenvalue weighted by molar-refractivity contribution is 6.43. The Morgan fingerprint density at radius 3 is 2.32 bits per heavy atom. The Morgan fingerprint density at radius 2 is 1.60 bits per heavy atom. The molecule has 2 saturated heterocycles. The molecule has 4 amide bonds. The van der Waals surface area contributed by atoms with Crippen molar-refractivity contribution < 1.29 is 38.1 Å². The fourth-order valence-corrected chi connectivity index (χ4v) is 7.75. The first-order valence-corrected chi connectivity index (χ1v) is 21.1. The molecule has 2 aromatic carbocycles. The smallest absolute Gasteiger partial charge is 0.264 e. The van der Waals surface area contributed by atoms with Gasteiger partial charge in [-0.15, -0.1) is 5.10 Å². The molecule has 0 saturated carbocycles. The van der Waals surface area contributed by atoms with Gasteiger partial charge in [-0.1, -0.05) is 46.6 Å². The van der Waals surface area contributed by atoms with Gasteiger partial charge in [-0.2, -0.15) is 0 Å². The Kier molecular flexibility index (Phi) is 15.0. The Balaban J connectivity index is 0.701. The summed E-state index contributed by atoms with van der Waals surface area (Å²) in [5.41, 5.74) is 8.99. The van der Waals surface area contributed by atoms with Gasteiger partial charge in [0.15, 0.2) is 5.82 Å². The second-order valence-electron chi connectivity index (χ2n) is 15.2. The number of aromatic nitrogens is 5. The summed E-state index contributed by atoms with van der Waals surface area (Å²) in [4.78, 5) is 62.4. The molecule has 1 atom stereocenters. The molecular formula is C41H49Cl2N11O8. The molecular weight excluding hydrogens is 845 g/mol. The first-order chi connectivity index (χ1) is 30.0. The van der Waals surface area contributed by atoms with Crippen molar-refractivity contribution >= 4 is 64.2 Å². The maximum Gasteiger partial charge on any atom is 0.264 e. The van der Waals surface area contributed by atoms with Crippen LogP contribution in [0.5, 0.6) is 0 Å². The summed E-state index contributed by atoms with van der Waals surface area (Å²) in [6.07, 6.45) is 5.58. The molecule has 2 aromatic heterocycles. The summed E-state index contributed by atoms with van der Waals surface area (Å²) in [6, 6.07) is 9.15. The molecule has 5 N–H and O–H groups in total. The van der Waals surface area contributed by atoms with Gasteiger partial charge >= 0.3 is 0 Å². The molecule has 0 spiro atoms. The van der Waals surface area contributed by atoms with Crippen LogP contribution in [0.4, 0.5) is 17.3 Å². The molecule has 0 aliphatic carbocycles.